The largest absolute Gasteiger partial charge is 0.493 e. The van der Waals surface area contributed by atoms with Crippen LogP contribution >= 0.6 is 0 Å². The van der Waals surface area contributed by atoms with E-state index in [1.165, 1.54) is 0 Å². The van der Waals surface area contributed by atoms with Crippen molar-refractivity contribution < 1.29 is 14.3 Å². The number of hydrogen-bond acceptors (Lipinski definition) is 4. The number of rotatable bonds is 6. The van der Waals surface area contributed by atoms with Crippen LogP contribution in [0.15, 0.2) is 18.2 Å². The lowest BCUT2D eigenvalue weighted by Gasteiger charge is -2.27. The lowest BCUT2D eigenvalue weighted by molar-refractivity contribution is -0.120. The van der Waals surface area contributed by atoms with Gasteiger partial charge < -0.3 is 20.1 Å². The molecule has 1 aliphatic rings. The smallest absolute Gasteiger partial charge is 0.224 e. The zero-order valence-electron chi connectivity index (χ0n) is 11.4. The second-order valence-corrected chi connectivity index (χ2v) is 4.69. The molecule has 1 aliphatic heterocycles. The number of carbonyl (C=O) groups is 1. The van der Waals surface area contributed by atoms with E-state index in [4.69, 9.17) is 9.47 Å². The number of ether oxygens (including phenoxy) is 2. The Balaban J connectivity index is 1.88. The van der Waals surface area contributed by atoms with Gasteiger partial charge in [0.1, 0.15) is 0 Å². The number of benzene rings is 1. The SMILES string of the molecule is COc1ccc(CC(=O)NCC2CNC2)cc1OC. The Labute approximate surface area is 113 Å². The van der Waals surface area contributed by atoms with Crippen molar-refractivity contribution in [2.24, 2.45) is 5.92 Å². The highest BCUT2D eigenvalue weighted by Crippen LogP contribution is 2.27. The van der Waals surface area contributed by atoms with Crippen LogP contribution in [0.25, 0.3) is 0 Å². The number of nitrogens with one attached hydrogen (secondary N) is 2. The molecule has 2 N–H and O–H groups in total. The number of carbonyl (C=O) groups excluding carboxylic acids is 1. The quantitative estimate of drug-likeness (QED) is 0.789. The van der Waals surface area contributed by atoms with Crippen LogP contribution in [0.4, 0.5) is 0 Å². The van der Waals surface area contributed by atoms with Gasteiger partial charge in [-0.25, -0.2) is 0 Å². The summed E-state index contributed by atoms with van der Waals surface area (Å²) in [6.45, 7) is 2.74. The average molecular weight is 264 g/mol. The van der Waals surface area contributed by atoms with Crippen LogP contribution in [0.3, 0.4) is 0 Å². The van der Waals surface area contributed by atoms with Crippen LogP contribution in [0.1, 0.15) is 5.56 Å². The van der Waals surface area contributed by atoms with Crippen molar-refractivity contribution in [3.8, 4) is 11.5 Å². The summed E-state index contributed by atoms with van der Waals surface area (Å²) in [5.74, 6) is 1.94. The lowest BCUT2D eigenvalue weighted by atomic mass is 10.0. The fourth-order valence-electron chi connectivity index (χ4n) is 1.99. The van der Waals surface area contributed by atoms with Crippen LogP contribution in [0, 0.1) is 5.92 Å². The number of methoxy groups -OCH3 is 2. The minimum atomic E-state index is 0.0409. The lowest BCUT2D eigenvalue weighted by Crippen LogP contribution is -2.48. The third kappa shape index (κ3) is 3.61. The molecule has 0 aromatic heterocycles. The maximum absolute atomic E-state index is 11.8. The average Bonchev–Trinajstić information content (AvgIpc) is 2.36. The van der Waals surface area contributed by atoms with Gasteiger partial charge in [0.05, 0.1) is 20.6 Å². The van der Waals surface area contributed by atoms with Crippen molar-refractivity contribution in [3.05, 3.63) is 23.8 Å². The molecule has 1 amide bonds. The van der Waals surface area contributed by atoms with Crippen LogP contribution in [-0.4, -0.2) is 39.8 Å². The standard InChI is InChI=1S/C14H20N2O3/c1-18-12-4-3-10(5-13(12)19-2)6-14(17)16-9-11-7-15-8-11/h3-5,11,15H,6-9H2,1-2H3,(H,16,17). The van der Waals surface area contributed by atoms with Gasteiger partial charge in [-0.1, -0.05) is 6.07 Å². The topological polar surface area (TPSA) is 59.6 Å². The predicted molar refractivity (Wildman–Crippen MR) is 72.6 cm³/mol. The second-order valence-electron chi connectivity index (χ2n) is 4.69. The zero-order chi connectivity index (χ0) is 13.7. The fourth-order valence-corrected chi connectivity index (χ4v) is 1.99. The summed E-state index contributed by atoms with van der Waals surface area (Å²) in [5, 5.41) is 6.13. The van der Waals surface area contributed by atoms with Crippen LogP contribution in [0.2, 0.25) is 0 Å². The highest BCUT2D eigenvalue weighted by molar-refractivity contribution is 5.78. The molecule has 0 unspecified atom stereocenters. The molecule has 0 atom stereocenters. The monoisotopic (exact) mass is 264 g/mol. The summed E-state index contributed by atoms with van der Waals surface area (Å²) < 4.78 is 10.4. The molecule has 0 aliphatic carbocycles. The summed E-state index contributed by atoms with van der Waals surface area (Å²) in [7, 11) is 3.18. The molecule has 0 saturated carbocycles. The van der Waals surface area contributed by atoms with Crippen LogP contribution < -0.4 is 20.1 Å². The highest BCUT2D eigenvalue weighted by Gasteiger charge is 2.17. The molecule has 104 valence electrons. The molecule has 2 rings (SSSR count). The van der Waals surface area contributed by atoms with Crippen molar-refractivity contribution in [3.63, 3.8) is 0 Å². The van der Waals surface area contributed by atoms with Gasteiger partial charge in [-0.2, -0.15) is 0 Å². The molecule has 0 spiro atoms. The van der Waals surface area contributed by atoms with Crippen molar-refractivity contribution >= 4 is 5.91 Å². The molecule has 1 aromatic carbocycles. The fraction of sp³-hybridized carbons (Fsp3) is 0.500. The predicted octanol–water partition coefficient (Wildman–Crippen LogP) is 0.582. The summed E-state index contributed by atoms with van der Waals surface area (Å²) in [6, 6.07) is 5.53. The second kappa shape index (κ2) is 6.43. The first-order valence-electron chi connectivity index (χ1n) is 6.41. The molecule has 0 radical (unpaired) electrons. The zero-order valence-corrected chi connectivity index (χ0v) is 11.4. The van der Waals surface area contributed by atoms with Gasteiger partial charge >= 0.3 is 0 Å². The first kappa shape index (κ1) is 13.7. The normalized spacial score (nSPS) is 14.6. The van der Waals surface area contributed by atoms with Crippen molar-refractivity contribution in [1.82, 2.24) is 10.6 Å². The van der Waals surface area contributed by atoms with Gasteiger partial charge in [-0.3, -0.25) is 4.79 Å². The summed E-state index contributed by atoms with van der Waals surface area (Å²) in [4.78, 5) is 11.8. The van der Waals surface area contributed by atoms with Gasteiger partial charge in [0.15, 0.2) is 11.5 Å². The molecule has 19 heavy (non-hydrogen) atoms. The van der Waals surface area contributed by atoms with Gasteiger partial charge in [0.2, 0.25) is 5.91 Å². The van der Waals surface area contributed by atoms with E-state index >= 15 is 0 Å². The molecule has 5 heteroatoms. The molecular formula is C14H20N2O3. The molecule has 1 heterocycles. The summed E-state index contributed by atoms with van der Waals surface area (Å²) in [5.41, 5.74) is 0.918. The van der Waals surface area contributed by atoms with E-state index in [1.54, 1.807) is 14.2 Å². The van der Waals surface area contributed by atoms with Crippen LogP contribution in [-0.2, 0) is 11.2 Å². The van der Waals surface area contributed by atoms with E-state index in [2.05, 4.69) is 10.6 Å². The van der Waals surface area contributed by atoms with Gasteiger partial charge in [-0.05, 0) is 17.7 Å². The van der Waals surface area contributed by atoms with E-state index in [9.17, 15) is 4.79 Å². The Kier molecular flexibility index (Phi) is 4.63. The first-order valence-corrected chi connectivity index (χ1v) is 6.41. The first-order chi connectivity index (χ1) is 9.22. The van der Waals surface area contributed by atoms with Gasteiger partial charge in [0.25, 0.3) is 0 Å². The number of amides is 1. The minimum absolute atomic E-state index is 0.0409. The minimum Gasteiger partial charge on any atom is -0.493 e. The van der Waals surface area contributed by atoms with Crippen LogP contribution in [0.5, 0.6) is 11.5 Å². The Morgan fingerprint density at radius 3 is 2.63 bits per heavy atom. The van der Waals surface area contributed by atoms with Crippen molar-refractivity contribution in [2.75, 3.05) is 33.9 Å². The van der Waals surface area contributed by atoms with Crippen molar-refractivity contribution in [1.29, 1.82) is 0 Å². The molecular weight excluding hydrogens is 244 g/mol. The van der Waals surface area contributed by atoms with E-state index in [1.807, 2.05) is 18.2 Å². The third-order valence-corrected chi connectivity index (χ3v) is 3.27. The Bertz CT molecular complexity index is 444. The third-order valence-electron chi connectivity index (χ3n) is 3.27. The highest BCUT2D eigenvalue weighted by atomic mass is 16.5. The Hall–Kier alpha value is -1.75. The maximum Gasteiger partial charge on any atom is 0.224 e. The Morgan fingerprint density at radius 2 is 2.05 bits per heavy atom. The summed E-state index contributed by atoms with van der Waals surface area (Å²) >= 11 is 0. The van der Waals surface area contributed by atoms with E-state index in [0.29, 0.717) is 23.8 Å². The van der Waals surface area contributed by atoms with E-state index < -0.39 is 0 Å². The molecule has 1 aromatic rings. The molecule has 0 bridgehead atoms. The van der Waals surface area contributed by atoms with Gasteiger partial charge in [-0.15, -0.1) is 0 Å². The molecule has 5 nitrogen and oxygen atoms in total. The Morgan fingerprint density at radius 1 is 1.32 bits per heavy atom. The van der Waals surface area contributed by atoms with Gasteiger partial charge in [0, 0.05) is 25.6 Å². The molecule has 1 saturated heterocycles. The van der Waals surface area contributed by atoms with E-state index in [0.717, 1.165) is 25.2 Å². The van der Waals surface area contributed by atoms with E-state index in [-0.39, 0.29) is 5.91 Å². The molecule has 1 fully saturated rings. The number of hydrogen-bond donors (Lipinski definition) is 2. The van der Waals surface area contributed by atoms with Crippen molar-refractivity contribution in [2.45, 2.75) is 6.42 Å². The summed E-state index contributed by atoms with van der Waals surface area (Å²) in [6.07, 6.45) is 0.362. The maximum atomic E-state index is 11.8.